The number of rotatable bonds is 6. The number of carbonyl (C=O) groups excluding carboxylic acids is 1. The Bertz CT molecular complexity index is 778. The van der Waals surface area contributed by atoms with E-state index in [9.17, 15) is 9.18 Å². The predicted octanol–water partition coefficient (Wildman–Crippen LogP) is 4.32. The number of benzene rings is 1. The van der Waals surface area contributed by atoms with Crippen LogP contribution in [0.5, 0.6) is 0 Å². The summed E-state index contributed by atoms with van der Waals surface area (Å²) < 4.78 is 15.6. The fourth-order valence-electron chi connectivity index (χ4n) is 3.76. The van der Waals surface area contributed by atoms with Crippen molar-refractivity contribution in [2.45, 2.75) is 58.9 Å². The topological polar surface area (TPSA) is 38.1 Å². The molecule has 1 aliphatic heterocycles. The average Bonchev–Trinajstić information content (AvgIpc) is 3.06. The summed E-state index contributed by atoms with van der Waals surface area (Å²) in [6.45, 7) is 8.31. The Kier molecular flexibility index (Phi) is 5.74. The molecular weight excluding hydrogens is 329 g/mol. The molecule has 0 saturated carbocycles. The van der Waals surface area contributed by atoms with Crippen molar-refractivity contribution in [3.63, 3.8) is 0 Å². The summed E-state index contributed by atoms with van der Waals surface area (Å²) in [6.07, 6.45) is 5.62. The Balaban J connectivity index is 1.78. The molecule has 1 aliphatic rings. The van der Waals surface area contributed by atoms with E-state index in [0.717, 1.165) is 56.7 Å². The third kappa shape index (κ3) is 3.81. The molecule has 1 amide bonds. The van der Waals surface area contributed by atoms with Crippen LogP contribution in [0.4, 0.5) is 4.39 Å². The average molecular weight is 357 g/mol. The Morgan fingerprint density at radius 3 is 2.69 bits per heavy atom. The maximum Gasteiger partial charge on any atom is 0.274 e. The molecular formula is C21H28FN3O. The SMILES string of the molecule is CCCN(CCC)C(=O)c1cn2c(n1)CC[C@@H](c1ccc(F)c(C)c1)C2. The highest BCUT2D eigenvalue weighted by molar-refractivity contribution is 5.92. The molecule has 2 heterocycles. The molecule has 26 heavy (non-hydrogen) atoms. The molecule has 0 bridgehead atoms. The minimum absolute atomic E-state index is 0.0322. The number of hydrogen-bond acceptors (Lipinski definition) is 2. The molecule has 0 radical (unpaired) electrons. The van der Waals surface area contributed by atoms with Crippen molar-refractivity contribution in [2.75, 3.05) is 13.1 Å². The first-order valence-corrected chi connectivity index (χ1v) is 9.64. The second-order valence-electron chi connectivity index (χ2n) is 7.23. The van der Waals surface area contributed by atoms with Crippen LogP contribution in [0.25, 0.3) is 0 Å². The summed E-state index contributed by atoms with van der Waals surface area (Å²) in [7, 11) is 0. The molecule has 1 aromatic carbocycles. The molecule has 1 atom stereocenters. The molecule has 4 nitrogen and oxygen atoms in total. The van der Waals surface area contributed by atoms with Gasteiger partial charge < -0.3 is 9.47 Å². The number of nitrogens with zero attached hydrogens (tertiary/aromatic N) is 3. The third-order valence-corrected chi connectivity index (χ3v) is 5.14. The lowest BCUT2D eigenvalue weighted by atomic mass is 9.90. The Labute approximate surface area is 155 Å². The number of carbonyl (C=O) groups is 1. The lowest BCUT2D eigenvalue weighted by Crippen LogP contribution is -2.32. The van der Waals surface area contributed by atoms with Gasteiger partial charge in [-0.15, -0.1) is 0 Å². The predicted molar refractivity (Wildman–Crippen MR) is 101 cm³/mol. The van der Waals surface area contributed by atoms with Crippen molar-refractivity contribution in [3.05, 3.63) is 52.9 Å². The van der Waals surface area contributed by atoms with Gasteiger partial charge in [0.05, 0.1) is 0 Å². The number of halogens is 1. The molecule has 0 saturated heterocycles. The number of imidazole rings is 1. The summed E-state index contributed by atoms with van der Waals surface area (Å²) in [5.74, 6) is 1.19. The van der Waals surface area contributed by atoms with E-state index in [1.54, 1.807) is 13.0 Å². The molecule has 5 heteroatoms. The van der Waals surface area contributed by atoms with Crippen LogP contribution in [0.3, 0.4) is 0 Å². The second-order valence-corrected chi connectivity index (χ2v) is 7.23. The van der Waals surface area contributed by atoms with Crippen LogP contribution < -0.4 is 0 Å². The summed E-state index contributed by atoms with van der Waals surface area (Å²) >= 11 is 0. The minimum Gasteiger partial charge on any atom is -0.337 e. The molecule has 2 aromatic rings. The van der Waals surface area contributed by atoms with Gasteiger partial charge in [0.1, 0.15) is 17.3 Å². The smallest absolute Gasteiger partial charge is 0.274 e. The van der Waals surface area contributed by atoms with Gasteiger partial charge in [-0.25, -0.2) is 9.37 Å². The van der Waals surface area contributed by atoms with E-state index in [-0.39, 0.29) is 11.7 Å². The zero-order valence-electron chi connectivity index (χ0n) is 16.0. The van der Waals surface area contributed by atoms with Gasteiger partial charge in [0.2, 0.25) is 0 Å². The Hall–Kier alpha value is -2.17. The van der Waals surface area contributed by atoms with E-state index in [2.05, 4.69) is 23.4 Å². The first-order chi connectivity index (χ1) is 12.5. The van der Waals surface area contributed by atoms with Crippen LogP contribution >= 0.6 is 0 Å². The molecule has 0 spiro atoms. The molecule has 140 valence electrons. The summed E-state index contributed by atoms with van der Waals surface area (Å²) in [6, 6.07) is 5.37. The number of aryl methyl sites for hydroxylation is 2. The number of fused-ring (bicyclic) bond motifs is 1. The fraction of sp³-hybridized carbons (Fsp3) is 0.524. The normalized spacial score (nSPS) is 16.4. The first kappa shape index (κ1) is 18.6. The zero-order chi connectivity index (χ0) is 18.7. The van der Waals surface area contributed by atoms with E-state index in [4.69, 9.17) is 0 Å². The Morgan fingerprint density at radius 1 is 1.31 bits per heavy atom. The van der Waals surface area contributed by atoms with E-state index in [0.29, 0.717) is 17.2 Å². The van der Waals surface area contributed by atoms with Crippen molar-refractivity contribution in [1.29, 1.82) is 0 Å². The van der Waals surface area contributed by atoms with E-state index >= 15 is 0 Å². The molecule has 0 N–H and O–H groups in total. The molecule has 0 fully saturated rings. The third-order valence-electron chi connectivity index (χ3n) is 5.14. The van der Waals surface area contributed by atoms with E-state index < -0.39 is 0 Å². The van der Waals surface area contributed by atoms with Crippen LogP contribution in [-0.2, 0) is 13.0 Å². The van der Waals surface area contributed by atoms with E-state index in [1.165, 1.54) is 0 Å². The molecule has 0 unspecified atom stereocenters. The largest absolute Gasteiger partial charge is 0.337 e. The minimum atomic E-state index is -0.160. The summed E-state index contributed by atoms with van der Waals surface area (Å²) in [5.41, 5.74) is 2.40. The monoisotopic (exact) mass is 357 g/mol. The molecule has 1 aromatic heterocycles. The van der Waals surface area contributed by atoms with Gasteiger partial charge >= 0.3 is 0 Å². The standard InChI is InChI=1S/C21H28FN3O/c1-4-10-24(11-5-2)21(26)19-14-25-13-17(7-9-20(25)23-19)16-6-8-18(22)15(3)12-16/h6,8,12,14,17H,4-5,7,9-11,13H2,1-3H3/t17-/m1/s1. The van der Waals surface area contributed by atoms with Crippen molar-refractivity contribution in [3.8, 4) is 0 Å². The number of aromatic nitrogens is 2. The maximum absolute atomic E-state index is 13.5. The Morgan fingerprint density at radius 2 is 2.04 bits per heavy atom. The van der Waals surface area contributed by atoms with Gasteiger partial charge in [0, 0.05) is 38.2 Å². The van der Waals surface area contributed by atoms with Gasteiger partial charge in [-0.05, 0) is 43.4 Å². The van der Waals surface area contributed by atoms with Crippen molar-refractivity contribution in [2.24, 2.45) is 0 Å². The van der Waals surface area contributed by atoms with Crippen LogP contribution in [0, 0.1) is 12.7 Å². The molecule has 0 aliphatic carbocycles. The molecule has 3 rings (SSSR count). The van der Waals surface area contributed by atoms with Gasteiger partial charge in [-0.1, -0.05) is 26.0 Å². The quantitative estimate of drug-likeness (QED) is 0.772. The highest BCUT2D eigenvalue weighted by Gasteiger charge is 2.25. The van der Waals surface area contributed by atoms with Crippen LogP contribution in [0.2, 0.25) is 0 Å². The van der Waals surface area contributed by atoms with Gasteiger partial charge in [-0.3, -0.25) is 4.79 Å². The zero-order valence-corrected chi connectivity index (χ0v) is 16.0. The van der Waals surface area contributed by atoms with Gasteiger partial charge in [0.25, 0.3) is 5.91 Å². The number of amides is 1. The maximum atomic E-state index is 13.5. The van der Waals surface area contributed by atoms with Crippen molar-refractivity contribution >= 4 is 5.91 Å². The van der Waals surface area contributed by atoms with Crippen LogP contribution in [0.1, 0.15) is 66.5 Å². The number of hydrogen-bond donors (Lipinski definition) is 0. The van der Waals surface area contributed by atoms with Crippen molar-refractivity contribution in [1.82, 2.24) is 14.5 Å². The van der Waals surface area contributed by atoms with Crippen LogP contribution in [-0.4, -0.2) is 33.4 Å². The highest BCUT2D eigenvalue weighted by Crippen LogP contribution is 2.30. The second kappa shape index (κ2) is 8.02. The lowest BCUT2D eigenvalue weighted by Gasteiger charge is -2.24. The first-order valence-electron chi connectivity index (χ1n) is 9.64. The van der Waals surface area contributed by atoms with Crippen molar-refractivity contribution < 1.29 is 9.18 Å². The fourth-order valence-corrected chi connectivity index (χ4v) is 3.76. The lowest BCUT2D eigenvalue weighted by molar-refractivity contribution is 0.0750. The summed E-state index contributed by atoms with van der Waals surface area (Å²) in [5, 5.41) is 0. The highest BCUT2D eigenvalue weighted by atomic mass is 19.1. The van der Waals surface area contributed by atoms with E-state index in [1.807, 2.05) is 23.2 Å². The van der Waals surface area contributed by atoms with Crippen LogP contribution in [0.15, 0.2) is 24.4 Å². The summed E-state index contributed by atoms with van der Waals surface area (Å²) in [4.78, 5) is 19.3. The van der Waals surface area contributed by atoms with Gasteiger partial charge in [-0.2, -0.15) is 0 Å². The van der Waals surface area contributed by atoms with Gasteiger partial charge in [0.15, 0.2) is 0 Å².